The van der Waals surface area contributed by atoms with Crippen LogP contribution in [0.3, 0.4) is 0 Å². The van der Waals surface area contributed by atoms with E-state index in [1.165, 1.54) is 0 Å². The van der Waals surface area contributed by atoms with Gasteiger partial charge in [0.2, 0.25) is 0 Å². The Morgan fingerprint density at radius 2 is 1.79 bits per heavy atom. The number of amides is 2. The Balaban J connectivity index is 1.56. The van der Waals surface area contributed by atoms with E-state index in [9.17, 15) is 9.59 Å². The summed E-state index contributed by atoms with van der Waals surface area (Å²) in [5, 5.41) is 6.50. The third kappa shape index (κ3) is 5.31. The molecule has 0 spiro atoms. The average molecular weight is 469 g/mol. The lowest BCUT2D eigenvalue weighted by Gasteiger charge is -2.38. The second-order valence-corrected chi connectivity index (χ2v) is 8.68. The quantitative estimate of drug-likeness (QED) is 0.633. The summed E-state index contributed by atoms with van der Waals surface area (Å²) in [7, 11) is 0. The van der Waals surface area contributed by atoms with Crippen LogP contribution in [-0.4, -0.2) is 56.2 Å². The minimum atomic E-state index is -0.558. The molecule has 33 heavy (non-hydrogen) atoms. The fourth-order valence-electron chi connectivity index (χ4n) is 4.28. The predicted octanol–water partition coefficient (Wildman–Crippen LogP) is 3.64. The van der Waals surface area contributed by atoms with E-state index < -0.39 is 12.0 Å². The first-order valence-corrected chi connectivity index (χ1v) is 11.6. The topological polar surface area (TPSA) is 73.9 Å². The molecular formula is C25H29ClN4O3. The van der Waals surface area contributed by atoms with E-state index in [4.69, 9.17) is 16.3 Å². The van der Waals surface area contributed by atoms with Gasteiger partial charge in [-0.15, -0.1) is 0 Å². The fourth-order valence-corrected chi connectivity index (χ4v) is 4.54. The van der Waals surface area contributed by atoms with Crippen LogP contribution in [-0.2, 0) is 9.53 Å². The van der Waals surface area contributed by atoms with Crippen molar-refractivity contribution in [3.05, 3.63) is 76.0 Å². The van der Waals surface area contributed by atoms with Gasteiger partial charge in [-0.1, -0.05) is 53.6 Å². The summed E-state index contributed by atoms with van der Waals surface area (Å²) in [5.41, 5.74) is 4.03. The van der Waals surface area contributed by atoms with Crippen LogP contribution < -0.4 is 15.5 Å². The zero-order chi connectivity index (χ0) is 23.4. The van der Waals surface area contributed by atoms with Crippen LogP contribution in [0, 0.1) is 6.92 Å². The predicted molar refractivity (Wildman–Crippen MR) is 129 cm³/mol. The highest BCUT2D eigenvalue weighted by Crippen LogP contribution is 2.29. The van der Waals surface area contributed by atoms with Gasteiger partial charge in [-0.3, -0.25) is 4.90 Å². The third-order valence-corrected chi connectivity index (χ3v) is 6.33. The molecule has 2 aliphatic heterocycles. The Morgan fingerprint density at radius 1 is 1.09 bits per heavy atom. The summed E-state index contributed by atoms with van der Waals surface area (Å²) in [5.74, 6) is -0.416. The molecule has 0 radical (unpaired) electrons. The van der Waals surface area contributed by atoms with Crippen molar-refractivity contribution in [1.82, 2.24) is 15.5 Å². The zero-order valence-electron chi connectivity index (χ0n) is 18.9. The molecule has 2 aliphatic rings. The Kier molecular flexibility index (Phi) is 7.20. The summed E-state index contributed by atoms with van der Waals surface area (Å²) < 4.78 is 5.37. The summed E-state index contributed by atoms with van der Waals surface area (Å²) in [6, 6.07) is 14.8. The van der Waals surface area contributed by atoms with Crippen molar-refractivity contribution in [3.8, 4) is 0 Å². The largest absolute Gasteiger partial charge is 0.463 e. The number of nitrogens with zero attached hydrogens (tertiary/aromatic N) is 2. The number of hydrogen-bond donors (Lipinski definition) is 2. The van der Waals surface area contributed by atoms with Gasteiger partial charge in [-0.25, -0.2) is 9.59 Å². The molecule has 2 aromatic rings. The van der Waals surface area contributed by atoms with Crippen molar-refractivity contribution in [2.24, 2.45) is 0 Å². The highest BCUT2D eigenvalue weighted by Gasteiger charge is 2.34. The normalized spacial score (nSPS) is 19.2. The molecule has 0 unspecified atom stereocenters. The number of urea groups is 1. The Morgan fingerprint density at radius 3 is 2.45 bits per heavy atom. The van der Waals surface area contributed by atoms with Crippen molar-refractivity contribution in [1.29, 1.82) is 0 Å². The van der Waals surface area contributed by atoms with E-state index in [-0.39, 0.29) is 12.6 Å². The number of carbonyl (C=O) groups is 2. The number of aryl methyl sites for hydroxylation is 1. The van der Waals surface area contributed by atoms with Crippen molar-refractivity contribution in [2.45, 2.75) is 19.9 Å². The molecule has 0 saturated carbocycles. The number of halogens is 1. The van der Waals surface area contributed by atoms with Gasteiger partial charge in [0.25, 0.3) is 0 Å². The van der Waals surface area contributed by atoms with Gasteiger partial charge in [-0.2, -0.15) is 0 Å². The van der Waals surface area contributed by atoms with E-state index >= 15 is 0 Å². The number of benzene rings is 2. The molecule has 0 aromatic heterocycles. The standard InChI is InChI=1S/C25H29ClN4O3/c1-3-33-24(31)22-20(27-25(32)28-23(22)18-10-8-17(2)9-11-18)16-29-12-14-30(15-13-29)21-7-5-4-6-19(21)26/h4-11,23H,3,12-16H2,1-2H3,(H2,27,28,32)/t23-/m0/s1. The molecule has 2 aromatic carbocycles. The van der Waals surface area contributed by atoms with Crippen molar-refractivity contribution in [3.63, 3.8) is 0 Å². The van der Waals surface area contributed by atoms with Crippen LogP contribution >= 0.6 is 11.6 Å². The molecular weight excluding hydrogens is 440 g/mol. The van der Waals surface area contributed by atoms with E-state index in [2.05, 4.69) is 20.4 Å². The first-order valence-electron chi connectivity index (χ1n) is 11.2. The maximum Gasteiger partial charge on any atom is 0.338 e. The summed E-state index contributed by atoms with van der Waals surface area (Å²) in [4.78, 5) is 30.0. The number of esters is 1. The minimum absolute atomic E-state index is 0.265. The van der Waals surface area contributed by atoms with Gasteiger partial charge < -0.3 is 20.3 Å². The van der Waals surface area contributed by atoms with E-state index in [0.717, 1.165) is 48.0 Å². The first kappa shape index (κ1) is 23.1. The molecule has 0 bridgehead atoms. The van der Waals surface area contributed by atoms with Crippen LogP contribution in [0.25, 0.3) is 0 Å². The number of ether oxygens (including phenoxy) is 1. The van der Waals surface area contributed by atoms with Crippen LogP contribution in [0.1, 0.15) is 24.1 Å². The lowest BCUT2D eigenvalue weighted by molar-refractivity contribution is -0.139. The van der Waals surface area contributed by atoms with Crippen molar-refractivity contribution in [2.75, 3.05) is 44.2 Å². The Hall–Kier alpha value is -3.03. The van der Waals surface area contributed by atoms with Gasteiger partial charge in [0.15, 0.2) is 0 Å². The van der Waals surface area contributed by atoms with E-state index in [0.29, 0.717) is 17.8 Å². The maximum atomic E-state index is 13.0. The fraction of sp³-hybridized carbons (Fsp3) is 0.360. The van der Waals surface area contributed by atoms with E-state index in [1.807, 2.05) is 55.5 Å². The number of anilines is 1. The van der Waals surface area contributed by atoms with Crippen LogP contribution in [0.4, 0.5) is 10.5 Å². The number of rotatable bonds is 6. The second kappa shape index (κ2) is 10.3. The maximum absolute atomic E-state index is 13.0. The number of carbonyl (C=O) groups excluding carboxylic acids is 2. The Bertz CT molecular complexity index is 1050. The minimum Gasteiger partial charge on any atom is -0.463 e. The van der Waals surface area contributed by atoms with Gasteiger partial charge in [-0.05, 0) is 31.5 Å². The summed E-state index contributed by atoms with van der Waals surface area (Å²) in [6.45, 7) is 7.68. The third-order valence-electron chi connectivity index (χ3n) is 6.01. The molecule has 1 atom stereocenters. The molecule has 2 amide bonds. The monoisotopic (exact) mass is 468 g/mol. The van der Waals surface area contributed by atoms with Gasteiger partial charge in [0.05, 0.1) is 28.9 Å². The average Bonchev–Trinajstić information content (AvgIpc) is 2.80. The molecule has 1 fully saturated rings. The van der Waals surface area contributed by atoms with Crippen LogP contribution in [0.2, 0.25) is 5.02 Å². The second-order valence-electron chi connectivity index (χ2n) is 8.27. The molecule has 8 heteroatoms. The van der Waals surface area contributed by atoms with Gasteiger partial charge in [0, 0.05) is 38.4 Å². The van der Waals surface area contributed by atoms with Crippen molar-refractivity contribution >= 4 is 29.3 Å². The van der Waals surface area contributed by atoms with Crippen molar-refractivity contribution < 1.29 is 14.3 Å². The van der Waals surface area contributed by atoms with Crippen LogP contribution in [0.15, 0.2) is 59.8 Å². The summed E-state index contributed by atoms with van der Waals surface area (Å²) >= 11 is 6.36. The van der Waals surface area contributed by atoms with Gasteiger partial charge >= 0.3 is 12.0 Å². The molecule has 2 heterocycles. The Labute approximate surface area is 199 Å². The number of piperazine rings is 1. The molecule has 2 N–H and O–H groups in total. The van der Waals surface area contributed by atoms with E-state index in [1.54, 1.807) is 6.92 Å². The summed E-state index contributed by atoms with van der Waals surface area (Å²) in [6.07, 6.45) is 0. The number of para-hydroxylation sites is 1. The first-order chi connectivity index (χ1) is 16.0. The molecule has 4 rings (SSSR count). The van der Waals surface area contributed by atoms with Gasteiger partial charge in [0.1, 0.15) is 0 Å². The SMILES string of the molecule is CCOC(=O)C1=C(CN2CCN(c3ccccc3Cl)CC2)NC(=O)N[C@H]1c1ccc(C)cc1. The zero-order valence-corrected chi connectivity index (χ0v) is 19.7. The lowest BCUT2D eigenvalue weighted by atomic mass is 9.94. The number of nitrogens with one attached hydrogen (secondary N) is 2. The highest BCUT2D eigenvalue weighted by molar-refractivity contribution is 6.33. The molecule has 7 nitrogen and oxygen atoms in total. The molecule has 1 saturated heterocycles. The molecule has 174 valence electrons. The number of hydrogen-bond acceptors (Lipinski definition) is 5. The molecule has 0 aliphatic carbocycles. The smallest absolute Gasteiger partial charge is 0.338 e. The highest BCUT2D eigenvalue weighted by atomic mass is 35.5. The van der Waals surface area contributed by atoms with Crippen LogP contribution in [0.5, 0.6) is 0 Å². The lowest BCUT2D eigenvalue weighted by Crippen LogP contribution is -2.51.